The van der Waals surface area contributed by atoms with E-state index >= 15 is 0 Å². The number of benzene rings is 1. The van der Waals surface area contributed by atoms with Crippen molar-refractivity contribution in [3.05, 3.63) is 29.3 Å². The van der Waals surface area contributed by atoms with Crippen molar-refractivity contribution in [1.29, 1.82) is 0 Å². The van der Waals surface area contributed by atoms with Crippen molar-refractivity contribution < 1.29 is 27.8 Å². The number of rotatable bonds is 5. The highest BCUT2D eigenvalue weighted by molar-refractivity contribution is 5.94. The number of halogens is 2. The molecule has 0 atom stereocenters. The Morgan fingerprint density at radius 1 is 1.24 bits per heavy atom. The SMILES string of the molecule is COCCN(C)C(=O)Nc1cc(C(=O)OC)c(F)cc1F. The van der Waals surface area contributed by atoms with Crippen LogP contribution in [0.1, 0.15) is 10.4 Å². The molecule has 0 spiro atoms. The van der Waals surface area contributed by atoms with Gasteiger partial charge in [-0.3, -0.25) is 0 Å². The van der Waals surface area contributed by atoms with Gasteiger partial charge in [0.05, 0.1) is 25.0 Å². The maximum Gasteiger partial charge on any atom is 0.340 e. The number of methoxy groups -OCH3 is 2. The molecule has 21 heavy (non-hydrogen) atoms. The summed E-state index contributed by atoms with van der Waals surface area (Å²) in [5.41, 5.74) is -0.778. The molecule has 1 aromatic carbocycles. The first-order valence-corrected chi connectivity index (χ1v) is 5.99. The van der Waals surface area contributed by atoms with E-state index in [4.69, 9.17) is 4.74 Å². The molecule has 0 saturated heterocycles. The average Bonchev–Trinajstić information content (AvgIpc) is 2.46. The molecule has 1 N–H and O–H groups in total. The summed E-state index contributed by atoms with van der Waals surface area (Å²) in [5.74, 6) is -3.02. The van der Waals surface area contributed by atoms with Crippen molar-refractivity contribution in [3.8, 4) is 0 Å². The van der Waals surface area contributed by atoms with Crippen molar-refractivity contribution in [3.63, 3.8) is 0 Å². The third-order valence-electron chi connectivity index (χ3n) is 2.68. The fourth-order valence-electron chi connectivity index (χ4n) is 1.45. The zero-order valence-corrected chi connectivity index (χ0v) is 11.9. The number of urea groups is 1. The molecule has 6 nitrogen and oxygen atoms in total. The summed E-state index contributed by atoms with van der Waals surface area (Å²) in [6.07, 6.45) is 0. The van der Waals surface area contributed by atoms with Crippen LogP contribution in [0.3, 0.4) is 0 Å². The van der Waals surface area contributed by atoms with Gasteiger partial charge in [0.25, 0.3) is 0 Å². The van der Waals surface area contributed by atoms with Gasteiger partial charge in [0.15, 0.2) is 0 Å². The molecular formula is C13H16F2N2O4. The summed E-state index contributed by atoms with van der Waals surface area (Å²) >= 11 is 0. The van der Waals surface area contributed by atoms with Gasteiger partial charge in [-0.15, -0.1) is 0 Å². The van der Waals surface area contributed by atoms with Crippen LogP contribution >= 0.6 is 0 Å². The molecular weight excluding hydrogens is 286 g/mol. The second-order valence-electron chi connectivity index (χ2n) is 4.15. The molecule has 0 saturated carbocycles. The Morgan fingerprint density at radius 2 is 1.90 bits per heavy atom. The van der Waals surface area contributed by atoms with E-state index in [0.717, 1.165) is 13.2 Å². The fraction of sp³-hybridized carbons (Fsp3) is 0.385. The highest BCUT2D eigenvalue weighted by Gasteiger charge is 2.18. The van der Waals surface area contributed by atoms with E-state index in [9.17, 15) is 18.4 Å². The van der Waals surface area contributed by atoms with E-state index in [-0.39, 0.29) is 12.2 Å². The number of anilines is 1. The predicted molar refractivity (Wildman–Crippen MR) is 71.2 cm³/mol. The number of ether oxygens (including phenoxy) is 2. The van der Waals surface area contributed by atoms with E-state index in [1.54, 1.807) is 0 Å². The van der Waals surface area contributed by atoms with Crippen molar-refractivity contribution >= 4 is 17.7 Å². The lowest BCUT2D eigenvalue weighted by molar-refractivity contribution is 0.0595. The standard InChI is InChI=1S/C13H16F2N2O4/c1-17(4-5-20-2)13(19)16-11-6-8(12(18)21-3)9(14)7-10(11)15/h6-7H,4-5H2,1-3H3,(H,16,19). The monoisotopic (exact) mass is 302 g/mol. The van der Waals surface area contributed by atoms with Crippen molar-refractivity contribution in [2.75, 3.05) is 39.7 Å². The lowest BCUT2D eigenvalue weighted by Gasteiger charge is -2.18. The van der Waals surface area contributed by atoms with Crippen molar-refractivity contribution in [2.45, 2.75) is 0 Å². The van der Waals surface area contributed by atoms with Crippen LogP contribution in [0.25, 0.3) is 0 Å². The Labute approximate surface area is 120 Å². The van der Waals surface area contributed by atoms with Gasteiger partial charge >= 0.3 is 12.0 Å². The Kier molecular flexibility index (Phi) is 6.04. The van der Waals surface area contributed by atoms with Gasteiger partial charge in [0.2, 0.25) is 0 Å². The summed E-state index contributed by atoms with van der Waals surface area (Å²) in [4.78, 5) is 24.4. The van der Waals surface area contributed by atoms with Gasteiger partial charge in [-0.2, -0.15) is 0 Å². The highest BCUT2D eigenvalue weighted by atomic mass is 19.1. The van der Waals surface area contributed by atoms with Gasteiger partial charge in [-0.05, 0) is 6.07 Å². The second-order valence-corrected chi connectivity index (χ2v) is 4.15. The maximum absolute atomic E-state index is 13.6. The summed E-state index contributed by atoms with van der Waals surface area (Å²) in [5, 5.41) is 2.25. The Balaban J connectivity index is 2.92. The number of amides is 2. The molecule has 0 aromatic heterocycles. The van der Waals surface area contributed by atoms with E-state index in [0.29, 0.717) is 12.7 Å². The van der Waals surface area contributed by atoms with Crippen LogP contribution in [-0.4, -0.2) is 51.3 Å². The summed E-state index contributed by atoms with van der Waals surface area (Å²) in [7, 11) is 4.03. The third-order valence-corrected chi connectivity index (χ3v) is 2.68. The van der Waals surface area contributed by atoms with E-state index in [1.165, 1.54) is 19.1 Å². The predicted octanol–water partition coefficient (Wildman–Crippen LogP) is 1.86. The molecule has 0 radical (unpaired) electrons. The first kappa shape index (κ1) is 16.8. The average molecular weight is 302 g/mol. The van der Waals surface area contributed by atoms with Gasteiger partial charge < -0.3 is 19.7 Å². The molecule has 2 amide bonds. The molecule has 8 heteroatoms. The largest absolute Gasteiger partial charge is 0.465 e. The molecule has 0 aliphatic carbocycles. The molecule has 1 aromatic rings. The first-order valence-electron chi connectivity index (χ1n) is 5.99. The van der Waals surface area contributed by atoms with Gasteiger partial charge in [-0.1, -0.05) is 0 Å². The van der Waals surface area contributed by atoms with Crippen molar-refractivity contribution in [2.24, 2.45) is 0 Å². The lowest BCUT2D eigenvalue weighted by Crippen LogP contribution is -2.34. The number of carbonyl (C=O) groups excluding carboxylic acids is 2. The fourth-order valence-corrected chi connectivity index (χ4v) is 1.45. The number of likely N-dealkylation sites (N-methyl/N-ethyl adjacent to an activating group) is 1. The van der Waals surface area contributed by atoms with Crippen LogP contribution in [0.5, 0.6) is 0 Å². The highest BCUT2D eigenvalue weighted by Crippen LogP contribution is 2.20. The van der Waals surface area contributed by atoms with Crippen LogP contribution in [0.15, 0.2) is 12.1 Å². The quantitative estimate of drug-likeness (QED) is 0.843. The Morgan fingerprint density at radius 3 is 2.48 bits per heavy atom. The van der Waals surface area contributed by atoms with E-state index < -0.39 is 29.2 Å². The van der Waals surface area contributed by atoms with Crippen LogP contribution in [0.2, 0.25) is 0 Å². The van der Waals surface area contributed by atoms with E-state index in [1.807, 2.05) is 0 Å². The molecule has 0 aliphatic rings. The van der Waals surface area contributed by atoms with Crippen LogP contribution < -0.4 is 5.32 Å². The van der Waals surface area contributed by atoms with Gasteiger partial charge in [-0.25, -0.2) is 18.4 Å². The zero-order valence-electron chi connectivity index (χ0n) is 11.9. The van der Waals surface area contributed by atoms with Gasteiger partial charge in [0.1, 0.15) is 11.6 Å². The molecule has 0 unspecified atom stereocenters. The Hall–Kier alpha value is -2.22. The summed E-state index contributed by atoms with van der Waals surface area (Å²) in [6.45, 7) is 0.595. The Bertz CT molecular complexity index is 537. The van der Waals surface area contributed by atoms with Crippen molar-refractivity contribution in [1.82, 2.24) is 4.90 Å². The molecule has 0 fully saturated rings. The molecule has 0 heterocycles. The minimum atomic E-state index is -1.06. The molecule has 116 valence electrons. The van der Waals surface area contributed by atoms with Crippen LogP contribution in [-0.2, 0) is 9.47 Å². The molecule has 0 aliphatic heterocycles. The molecule has 0 bridgehead atoms. The topological polar surface area (TPSA) is 67.9 Å². The minimum Gasteiger partial charge on any atom is -0.465 e. The third kappa shape index (κ3) is 4.38. The first-order chi connectivity index (χ1) is 9.90. The summed E-state index contributed by atoms with van der Waals surface area (Å²) < 4.78 is 36.3. The normalized spacial score (nSPS) is 10.1. The number of carbonyl (C=O) groups is 2. The van der Waals surface area contributed by atoms with E-state index in [2.05, 4.69) is 10.1 Å². The number of esters is 1. The lowest BCUT2D eigenvalue weighted by atomic mass is 10.2. The number of nitrogens with one attached hydrogen (secondary N) is 1. The zero-order chi connectivity index (χ0) is 16.0. The summed E-state index contributed by atoms with van der Waals surface area (Å²) in [6, 6.07) is 0.781. The minimum absolute atomic E-state index is 0.287. The molecule has 1 rings (SSSR count). The van der Waals surface area contributed by atoms with Gasteiger partial charge in [0, 0.05) is 26.8 Å². The van der Waals surface area contributed by atoms with Crippen LogP contribution in [0.4, 0.5) is 19.3 Å². The number of hydrogen-bond donors (Lipinski definition) is 1. The smallest absolute Gasteiger partial charge is 0.340 e. The maximum atomic E-state index is 13.6. The second kappa shape index (κ2) is 7.53. The van der Waals surface area contributed by atoms with Crippen LogP contribution in [0, 0.1) is 11.6 Å². The number of nitrogens with zero attached hydrogens (tertiary/aromatic N) is 1. The number of hydrogen-bond acceptors (Lipinski definition) is 4.